The van der Waals surface area contributed by atoms with Gasteiger partial charge in [0.15, 0.2) is 0 Å². The molecule has 0 radical (unpaired) electrons. The van der Waals surface area contributed by atoms with E-state index in [-0.39, 0.29) is 6.04 Å². The van der Waals surface area contributed by atoms with Crippen molar-refractivity contribution in [3.63, 3.8) is 0 Å². The lowest BCUT2D eigenvalue weighted by Crippen LogP contribution is -2.36. The van der Waals surface area contributed by atoms with E-state index < -0.39 is 10.0 Å². The highest BCUT2D eigenvalue weighted by Gasteiger charge is 2.21. The van der Waals surface area contributed by atoms with Crippen LogP contribution < -0.4 is 10.0 Å². The van der Waals surface area contributed by atoms with E-state index in [1.54, 1.807) is 13.0 Å². The molecule has 1 aromatic rings. The average molecular weight is 314 g/mol. The van der Waals surface area contributed by atoms with Gasteiger partial charge in [0.25, 0.3) is 0 Å². The maximum atomic E-state index is 12.5. The van der Waals surface area contributed by atoms with E-state index in [0.717, 1.165) is 16.7 Å². The normalized spacial score (nSPS) is 13.4. The molecule has 0 saturated heterocycles. The highest BCUT2D eigenvalue weighted by Crippen LogP contribution is 2.21. The van der Waals surface area contributed by atoms with Gasteiger partial charge < -0.3 is 10.1 Å². The second kappa shape index (κ2) is 7.89. The lowest BCUT2D eigenvalue weighted by atomic mass is 10.1. The summed E-state index contributed by atoms with van der Waals surface area (Å²) in [5, 5.41) is 3.04. The Morgan fingerprint density at radius 1 is 1.29 bits per heavy atom. The summed E-state index contributed by atoms with van der Waals surface area (Å²) >= 11 is 0. The molecule has 0 saturated carbocycles. The van der Waals surface area contributed by atoms with Crippen LogP contribution in [0, 0.1) is 13.8 Å². The number of hydrogen-bond acceptors (Lipinski definition) is 4. The summed E-state index contributed by atoms with van der Waals surface area (Å²) in [4.78, 5) is 0.344. The van der Waals surface area contributed by atoms with Crippen molar-refractivity contribution in [3.05, 3.63) is 28.8 Å². The van der Waals surface area contributed by atoms with E-state index in [1.807, 2.05) is 33.9 Å². The molecule has 120 valence electrons. The van der Waals surface area contributed by atoms with E-state index in [9.17, 15) is 8.42 Å². The first-order valence-corrected chi connectivity index (χ1v) is 8.65. The molecule has 6 heteroatoms. The maximum Gasteiger partial charge on any atom is 0.241 e. The Balaban J connectivity index is 3.06. The molecule has 5 nitrogen and oxygen atoms in total. The van der Waals surface area contributed by atoms with E-state index in [4.69, 9.17) is 4.74 Å². The van der Waals surface area contributed by atoms with Crippen molar-refractivity contribution in [2.45, 2.75) is 45.2 Å². The minimum atomic E-state index is -3.54. The van der Waals surface area contributed by atoms with Crippen LogP contribution in [0.5, 0.6) is 0 Å². The Hall–Kier alpha value is -0.950. The minimum absolute atomic E-state index is 0.261. The Morgan fingerprint density at radius 2 is 1.95 bits per heavy atom. The summed E-state index contributed by atoms with van der Waals surface area (Å²) in [6, 6.07) is 3.48. The average Bonchev–Trinajstić information content (AvgIpc) is 2.40. The second-order valence-corrected chi connectivity index (χ2v) is 6.93. The number of rotatable bonds is 8. The summed E-state index contributed by atoms with van der Waals surface area (Å²) in [6.45, 7) is 9.02. The number of ether oxygens (including phenoxy) is 1. The van der Waals surface area contributed by atoms with Gasteiger partial charge >= 0.3 is 0 Å². The van der Waals surface area contributed by atoms with Crippen molar-refractivity contribution >= 4 is 10.0 Å². The van der Waals surface area contributed by atoms with Crippen LogP contribution in [-0.4, -0.2) is 34.7 Å². The molecule has 0 bridgehead atoms. The first kappa shape index (κ1) is 18.1. The molecule has 0 amide bonds. The Labute approximate surface area is 128 Å². The lowest BCUT2D eigenvalue weighted by Gasteiger charge is -2.17. The number of benzene rings is 1. The molecule has 1 rings (SSSR count). The fourth-order valence-electron chi connectivity index (χ4n) is 2.14. The van der Waals surface area contributed by atoms with Crippen LogP contribution in [0.2, 0.25) is 0 Å². The number of nitrogens with one attached hydrogen (secondary N) is 2. The molecule has 21 heavy (non-hydrogen) atoms. The zero-order valence-corrected chi connectivity index (χ0v) is 14.3. The topological polar surface area (TPSA) is 67.4 Å². The van der Waals surface area contributed by atoms with Gasteiger partial charge in [-0.3, -0.25) is 0 Å². The number of hydrogen-bond donors (Lipinski definition) is 2. The molecule has 0 spiro atoms. The molecule has 0 fully saturated rings. The van der Waals surface area contributed by atoms with Gasteiger partial charge in [-0.1, -0.05) is 6.07 Å². The van der Waals surface area contributed by atoms with Gasteiger partial charge in [-0.2, -0.15) is 0 Å². The molecule has 1 aromatic carbocycles. The van der Waals surface area contributed by atoms with Crippen molar-refractivity contribution in [2.75, 3.05) is 20.3 Å². The summed E-state index contributed by atoms with van der Waals surface area (Å²) in [6.07, 6.45) is 0. The molecule has 0 aliphatic heterocycles. The molecule has 1 unspecified atom stereocenters. The van der Waals surface area contributed by atoms with E-state index in [1.165, 1.54) is 0 Å². The third-order valence-corrected chi connectivity index (χ3v) is 4.99. The van der Waals surface area contributed by atoms with Gasteiger partial charge in [0, 0.05) is 19.2 Å². The Kier molecular flexibility index (Phi) is 6.80. The monoisotopic (exact) mass is 314 g/mol. The van der Waals surface area contributed by atoms with Crippen LogP contribution in [0.4, 0.5) is 0 Å². The fourth-order valence-corrected chi connectivity index (χ4v) is 3.74. The highest BCUT2D eigenvalue weighted by molar-refractivity contribution is 7.89. The van der Waals surface area contributed by atoms with Crippen LogP contribution in [0.25, 0.3) is 0 Å². The van der Waals surface area contributed by atoms with Crippen LogP contribution >= 0.6 is 0 Å². The third-order valence-electron chi connectivity index (χ3n) is 3.28. The predicted octanol–water partition coefficient (Wildman–Crippen LogP) is 1.73. The molecule has 1 atom stereocenters. The first-order chi connectivity index (χ1) is 9.81. The number of sulfonamides is 1. The zero-order chi connectivity index (χ0) is 16.0. The number of aryl methyl sites for hydroxylation is 1. The van der Waals surface area contributed by atoms with Crippen LogP contribution in [0.1, 0.15) is 30.5 Å². The van der Waals surface area contributed by atoms with Gasteiger partial charge in [-0.25, -0.2) is 13.1 Å². The smallest absolute Gasteiger partial charge is 0.241 e. The molecule has 0 heterocycles. The summed E-state index contributed by atoms with van der Waals surface area (Å²) in [7, 11) is -1.70. The van der Waals surface area contributed by atoms with Crippen LogP contribution in [-0.2, 0) is 21.3 Å². The quantitative estimate of drug-likeness (QED) is 0.767. The predicted molar refractivity (Wildman–Crippen MR) is 85.0 cm³/mol. The molecule has 0 aliphatic rings. The maximum absolute atomic E-state index is 12.5. The van der Waals surface area contributed by atoms with E-state index >= 15 is 0 Å². The van der Waals surface area contributed by atoms with Crippen molar-refractivity contribution in [3.8, 4) is 0 Å². The first-order valence-electron chi connectivity index (χ1n) is 7.16. The van der Waals surface area contributed by atoms with Crippen molar-refractivity contribution < 1.29 is 13.2 Å². The zero-order valence-electron chi connectivity index (χ0n) is 13.5. The third kappa shape index (κ3) is 5.07. The summed E-state index contributed by atoms with van der Waals surface area (Å²) in [5.74, 6) is 0. The van der Waals surface area contributed by atoms with Gasteiger partial charge in [-0.15, -0.1) is 0 Å². The van der Waals surface area contributed by atoms with Crippen molar-refractivity contribution in [2.24, 2.45) is 0 Å². The lowest BCUT2D eigenvalue weighted by molar-refractivity contribution is 0.133. The van der Waals surface area contributed by atoms with Crippen molar-refractivity contribution in [1.82, 2.24) is 10.0 Å². The summed E-state index contributed by atoms with van der Waals surface area (Å²) < 4.78 is 33.0. The molecule has 2 N–H and O–H groups in total. The Morgan fingerprint density at radius 3 is 2.52 bits per heavy atom. The van der Waals surface area contributed by atoms with E-state index in [0.29, 0.717) is 24.7 Å². The summed E-state index contributed by atoms with van der Waals surface area (Å²) in [5.41, 5.74) is 2.71. The molecule has 0 aromatic heterocycles. The highest BCUT2D eigenvalue weighted by atomic mass is 32.2. The largest absolute Gasteiger partial charge is 0.380 e. The van der Waals surface area contributed by atoms with Gasteiger partial charge in [0.2, 0.25) is 10.0 Å². The SMILES string of the molecule is CCOCC(C)NS(=O)(=O)c1cc(CNC)cc(C)c1C. The van der Waals surface area contributed by atoms with Gasteiger partial charge in [-0.05, 0) is 57.5 Å². The molecule has 0 aliphatic carbocycles. The minimum Gasteiger partial charge on any atom is -0.380 e. The van der Waals surface area contributed by atoms with Crippen LogP contribution in [0.15, 0.2) is 17.0 Å². The van der Waals surface area contributed by atoms with Crippen LogP contribution in [0.3, 0.4) is 0 Å². The van der Waals surface area contributed by atoms with E-state index in [2.05, 4.69) is 10.0 Å². The standard InChI is InChI=1S/C15H26N2O3S/c1-6-20-10-12(3)17-21(18,19)15-8-14(9-16-5)7-11(2)13(15)4/h7-8,12,16-17H,6,9-10H2,1-5H3. The van der Waals surface area contributed by atoms with Gasteiger partial charge in [0.05, 0.1) is 11.5 Å². The van der Waals surface area contributed by atoms with Crippen molar-refractivity contribution in [1.29, 1.82) is 0 Å². The molecular weight excluding hydrogens is 288 g/mol. The Bertz CT molecular complexity index is 571. The second-order valence-electron chi connectivity index (χ2n) is 5.25. The molecular formula is C15H26N2O3S. The fraction of sp³-hybridized carbons (Fsp3) is 0.600. The van der Waals surface area contributed by atoms with Gasteiger partial charge in [0.1, 0.15) is 0 Å².